The first-order valence-electron chi connectivity index (χ1n) is 17.3. The third-order valence-electron chi connectivity index (χ3n) is 9.34. The zero-order valence-electron chi connectivity index (χ0n) is 28.3. The SMILES string of the molecule is C=CC=CC1=C(c2ccccc2)C2=NC1=CC1=NC(=CC3=NC(=CC4=NC(=C2c2ccccc2)C(c2ccccc2)=C4c2ccccc2)C=C3)C=C1. The van der Waals surface area contributed by atoms with Gasteiger partial charge in [0.05, 0.1) is 45.6 Å². The van der Waals surface area contributed by atoms with Gasteiger partial charge in [0.1, 0.15) is 0 Å². The second kappa shape index (κ2) is 13.3. The normalized spacial score (nSPS) is 17.7. The van der Waals surface area contributed by atoms with Crippen molar-refractivity contribution in [3.63, 3.8) is 0 Å². The molecule has 9 rings (SSSR count). The highest BCUT2D eigenvalue weighted by atomic mass is 14.9. The van der Waals surface area contributed by atoms with Gasteiger partial charge >= 0.3 is 0 Å². The molecule has 0 amide bonds. The van der Waals surface area contributed by atoms with Crippen molar-refractivity contribution in [3.05, 3.63) is 239 Å². The number of allylic oxidation sites excluding steroid dienone is 14. The molecule has 4 heteroatoms. The molecule has 4 aromatic rings. The third kappa shape index (κ3) is 5.72. The fourth-order valence-electron chi connectivity index (χ4n) is 7.09. The smallest absolute Gasteiger partial charge is 0.0822 e. The number of fused-ring (bicyclic) bond motifs is 4. The van der Waals surface area contributed by atoms with Crippen LogP contribution in [0.4, 0.5) is 0 Å². The van der Waals surface area contributed by atoms with Gasteiger partial charge in [-0.3, -0.25) is 0 Å². The first kappa shape index (κ1) is 31.0. The molecule has 0 atom stereocenters. The largest absolute Gasteiger partial charge is 0.249 e. The van der Waals surface area contributed by atoms with Gasteiger partial charge in [0, 0.05) is 27.9 Å². The summed E-state index contributed by atoms with van der Waals surface area (Å²) in [5.74, 6) is 0. The molecule has 8 bridgehead atoms. The van der Waals surface area contributed by atoms with Crippen molar-refractivity contribution in [3.8, 4) is 0 Å². The van der Waals surface area contributed by atoms with Crippen LogP contribution in [0.2, 0.25) is 0 Å². The molecule has 5 heterocycles. The van der Waals surface area contributed by atoms with Crippen molar-refractivity contribution >= 4 is 45.1 Å². The summed E-state index contributed by atoms with van der Waals surface area (Å²) in [5.41, 5.74) is 15.9. The Morgan fingerprint density at radius 3 is 1.52 bits per heavy atom. The zero-order valence-corrected chi connectivity index (χ0v) is 28.3. The maximum Gasteiger partial charge on any atom is 0.0822 e. The molecule has 0 N–H and O–H groups in total. The van der Waals surface area contributed by atoms with Crippen molar-refractivity contribution < 1.29 is 0 Å². The Morgan fingerprint density at radius 1 is 0.442 bits per heavy atom. The highest BCUT2D eigenvalue weighted by molar-refractivity contribution is 6.51. The zero-order chi connectivity index (χ0) is 34.9. The number of benzene rings is 4. The maximum atomic E-state index is 5.62. The van der Waals surface area contributed by atoms with Crippen molar-refractivity contribution in [2.24, 2.45) is 20.0 Å². The van der Waals surface area contributed by atoms with Crippen LogP contribution in [0.15, 0.2) is 237 Å². The molecule has 0 saturated carbocycles. The Balaban J connectivity index is 1.46. The molecule has 5 aliphatic rings. The van der Waals surface area contributed by atoms with Crippen LogP contribution in [0.5, 0.6) is 0 Å². The minimum Gasteiger partial charge on any atom is -0.249 e. The maximum absolute atomic E-state index is 5.62. The highest BCUT2D eigenvalue weighted by Gasteiger charge is 2.34. The predicted molar refractivity (Wildman–Crippen MR) is 218 cm³/mol. The molecule has 5 aliphatic heterocycles. The lowest BCUT2D eigenvalue weighted by Gasteiger charge is -2.17. The lowest BCUT2D eigenvalue weighted by molar-refractivity contribution is 1.38. The van der Waals surface area contributed by atoms with Crippen LogP contribution in [0.25, 0.3) is 22.3 Å². The Labute approximate surface area is 303 Å². The molecule has 52 heavy (non-hydrogen) atoms. The fraction of sp³-hybridized carbons (Fsp3) is 0. The van der Waals surface area contributed by atoms with Gasteiger partial charge in [-0.2, -0.15) is 0 Å². The standard InChI is InChI=1S/C48H32N4/c1-2-3-24-40-41-30-38-27-25-36(49-38)29-37-26-28-39(50-37)31-42-44(33-18-10-5-11-19-33)45(34-20-12-6-13-21-34)48(52-42)46(35-22-14-7-15-23-35)47(51-41)43(40)32-16-8-4-9-17-32/h2-31H,1H2. The molecule has 0 aliphatic carbocycles. The predicted octanol–water partition coefficient (Wildman–Crippen LogP) is 10.8. The first-order chi connectivity index (χ1) is 25.7. The molecule has 0 radical (unpaired) electrons. The lowest BCUT2D eigenvalue weighted by Crippen LogP contribution is -2.07. The summed E-state index contributed by atoms with van der Waals surface area (Å²) in [6.07, 6.45) is 20.2. The van der Waals surface area contributed by atoms with Gasteiger partial charge in [-0.05, 0) is 64.8 Å². The van der Waals surface area contributed by atoms with Crippen molar-refractivity contribution in [1.82, 2.24) is 0 Å². The van der Waals surface area contributed by atoms with E-state index >= 15 is 0 Å². The molecule has 0 aromatic heterocycles. The van der Waals surface area contributed by atoms with Gasteiger partial charge in [-0.15, -0.1) is 0 Å². The van der Waals surface area contributed by atoms with E-state index in [2.05, 4.69) is 134 Å². The summed E-state index contributed by atoms with van der Waals surface area (Å²) < 4.78 is 0. The van der Waals surface area contributed by atoms with Crippen LogP contribution in [-0.4, -0.2) is 22.8 Å². The van der Waals surface area contributed by atoms with E-state index in [1.807, 2.05) is 48.6 Å². The summed E-state index contributed by atoms with van der Waals surface area (Å²) in [6.45, 7) is 4.00. The average molecular weight is 665 g/mol. The Morgan fingerprint density at radius 2 is 0.942 bits per heavy atom. The lowest BCUT2D eigenvalue weighted by atomic mass is 9.85. The van der Waals surface area contributed by atoms with Crippen LogP contribution in [0.3, 0.4) is 0 Å². The van der Waals surface area contributed by atoms with E-state index < -0.39 is 0 Å². The van der Waals surface area contributed by atoms with Crippen molar-refractivity contribution in [2.45, 2.75) is 0 Å². The molecule has 0 fully saturated rings. The number of hydrogen-bond donors (Lipinski definition) is 0. The van der Waals surface area contributed by atoms with E-state index in [4.69, 9.17) is 20.0 Å². The molecule has 244 valence electrons. The molecule has 4 nitrogen and oxygen atoms in total. The Hall–Kier alpha value is -7.04. The second-order valence-corrected chi connectivity index (χ2v) is 12.7. The van der Waals surface area contributed by atoms with Crippen LogP contribution in [0, 0.1) is 0 Å². The van der Waals surface area contributed by atoms with E-state index in [-0.39, 0.29) is 0 Å². The van der Waals surface area contributed by atoms with E-state index in [1.54, 1.807) is 6.08 Å². The Bertz CT molecular complexity index is 2560. The number of rotatable bonds is 6. The molecule has 0 saturated heterocycles. The monoisotopic (exact) mass is 664 g/mol. The minimum atomic E-state index is 0.814. The summed E-state index contributed by atoms with van der Waals surface area (Å²) >= 11 is 0. The molecule has 0 unspecified atom stereocenters. The quantitative estimate of drug-likeness (QED) is 0.184. The first-order valence-corrected chi connectivity index (χ1v) is 17.3. The van der Waals surface area contributed by atoms with Gasteiger partial charge in [0.2, 0.25) is 0 Å². The molecule has 4 aromatic carbocycles. The highest BCUT2D eigenvalue weighted by Crippen LogP contribution is 2.47. The van der Waals surface area contributed by atoms with Gasteiger partial charge in [-0.1, -0.05) is 146 Å². The van der Waals surface area contributed by atoms with E-state index in [0.29, 0.717) is 0 Å². The van der Waals surface area contributed by atoms with Gasteiger partial charge < -0.3 is 0 Å². The van der Waals surface area contributed by atoms with Crippen LogP contribution < -0.4 is 0 Å². The summed E-state index contributed by atoms with van der Waals surface area (Å²) in [7, 11) is 0. The topological polar surface area (TPSA) is 49.4 Å². The van der Waals surface area contributed by atoms with E-state index in [0.717, 1.165) is 95.8 Å². The summed E-state index contributed by atoms with van der Waals surface area (Å²) in [5, 5.41) is 0. The van der Waals surface area contributed by atoms with Gasteiger partial charge in [0.15, 0.2) is 0 Å². The van der Waals surface area contributed by atoms with Crippen LogP contribution >= 0.6 is 0 Å². The average Bonchev–Trinajstić information content (AvgIpc) is 3.99. The summed E-state index contributed by atoms with van der Waals surface area (Å²) in [6, 6.07) is 42.1. The number of hydrogen-bond acceptors (Lipinski definition) is 4. The Kier molecular flexibility index (Phi) is 7.95. The molecule has 0 spiro atoms. The number of aliphatic imine (C=N–C) groups is 4. The van der Waals surface area contributed by atoms with Gasteiger partial charge in [0.25, 0.3) is 0 Å². The molecular formula is C48H32N4. The number of nitrogens with zero attached hydrogens (tertiary/aromatic N) is 4. The van der Waals surface area contributed by atoms with E-state index in [9.17, 15) is 0 Å². The van der Waals surface area contributed by atoms with Gasteiger partial charge in [-0.25, -0.2) is 20.0 Å². The van der Waals surface area contributed by atoms with Crippen molar-refractivity contribution in [2.75, 3.05) is 0 Å². The van der Waals surface area contributed by atoms with Crippen molar-refractivity contribution in [1.29, 1.82) is 0 Å². The third-order valence-corrected chi connectivity index (χ3v) is 9.34. The molecular weight excluding hydrogens is 633 g/mol. The minimum absolute atomic E-state index is 0.814. The van der Waals surface area contributed by atoms with Crippen LogP contribution in [0.1, 0.15) is 22.3 Å². The van der Waals surface area contributed by atoms with E-state index in [1.165, 1.54) is 0 Å². The summed E-state index contributed by atoms with van der Waals surface area (Å²) in [4.78, 5) is 21.1. The van der Waals surface area contributed by atoms with Crippen LogP contribution in [-0.2, 0) is 0 Å². The fourth-order valence-corrected chi connectivity index (χ4v) is 7.09. The second-order valence-electron chi connectivity index (χ2n) is 12.7.